The lowest BCUT2D eigenvalue weighted by atomic mass is 9.77. The summed E-state index contributed by atoms with van der Waals surface area (Å²) in [5.41, 5.74) is -0.235. The van der Waals surface area contributed by atoms with Gasteiger partial charge in [-0.1, -0.05) is 25.1 Å². The van der Waals surface area contributed by atoms with E-state index in [9.17, 15) is 19.2 Å². The van der Waals surface area contributed by atoms with Gasteiger partial charge in [0.15, 0.2) is 6.10 Å². The number of rotatable bonds is 5. The van der Waals surface area contributed by atoms with Gasteiger partial charge in [-0.05, 0) is 50.7 Å². The second-order valence-electron chi connectivity index (χ2n) is 7.95. The van der Waals surface area contributed by atoms with Crippen LogP contribution in [-0.4, -0.2) is 54.0 Å². The lowest BCUT2D eigenvalue weighted by Gasteiger charge is -2.33. The molecule has 1 aliphatic carbocycles. The molecular formula is C21H27N3O5. The van der Waals surface area contributed by atoms with E-state index >= 15 is 0 Å². The molecule has 1 atom stereocenters. The number of carbonyl (C=O) groups is 4. The van der Waals surface area contributed by atoms with Crippen molar-refractivity contribution in [1.29, 1.82) is 0 Å². The molecule has 1 saturated carbocycles. The number of amides is 4. The SMILES string of the molecule is CC1CCC2(CC1)NC(=O)N(CC(=O)OC(C)C(=O)N(C)c1ccccc1)C2=O. The van der Waals surface area contributed by atoms with Crippen molar-refractivity contribution in [2.45, 2.75) is 51.2 Å². The standard InChI is InChI=1S/C21H27N3O5/c1-14-9-11-21(12-10-14)19(27)24(20(28)22-21)13-17(25)29-15(2)18(26)23(3)16-7-5-4-6-8-16/h4-8,14-15H,9-13H2,1-3H3,(H,22,28). The van der Waals surface area contributed by atoms with Crippen LogP contribution in [0, 0.1) is 5.92 Å². The van der Waals surface area contributed by atoms with Crippen LogP contribution in [0.2, 0.25) is 0 Å². The zero-order chi connectivity index (χ0) is 21.2. The summed E-state index contributed by atoms with van der Waals surface area (Å²) in [6.45, 7) is 3.08. The summed E-state index contributed by atoms with van der Waals surface area (Å²) in [6, 6.07) is 8.39. The van der Waals surface area contributed by atoms with E-state index in [1.54, 1.807) is 31.3 Å². The van der Waals surface area contributed by atoms with Gasteiger partial charge in [0.05, 0.1) is 0 Å². The third-order valence-corrected chi connectivity index (χ3v) is 5.79. The number of esters is 1. The number of benzene rings is 1. The first-order valence-corrected chi connectivity index (χ1v) is 9.90. The Morgan fingerprint density at radius 2 is 1.86 bits per heavy atom. The number of para-hydroxylation sites is 1. The van der Waals surface area contributed by atoms with Crippen molar-refractivity contribution in [2.75, 3.05) is 18.5 Å². The number of hydrogen-bond donors (Lipinski definition) is 1. The Bertz CT molecular complexity index is 802. The van der Waals surface area contributed by atoms with Gasteiger partial charge in [0.2, 0.25) is 0 Å². The molecule has 156 valence electrons. The van der Waals surface area contributed by atoms with Crippen LogP contribution in [0.5, 0.6) is 0 Å². The van der Waals surface area contributed by atoms with Gasteiger partial charge in [-0.2, -0.15) is 0 Å². The first-order valence-electron chi connectivity index (χ1n) is 9.90. The van der Waals surface area contributed by atoms with Gasteiger partial charge in [0.1, 0.15) is 12.1 Å². The quantitative estimate of drug-likeness (QED) is 0.602. The summed E-state index contributed by atoms with van der Waals surface area (Å²) in [5.74, 6) is -1.07. The Morgan fingerprint density at radius 1 is 1.24 bits per heavy atom. The van der Waals surface area contributed by atoms with Crippen molar-refractivity contribution in [3.05, 3.63) is 30.3 Å². The van der Waals surface area contributed by atoms with E-state index < -0.39 is 36.1 Å². The minimum Gasteiger partial charge on any atom is -0.451 e. The highest BCUT2D eigenvalue weighted by Crippen LogP contribution is 2.36. The highest BCUT2D eigenvalue weighted by atomic mass is 16.5. The maximum Gasteiger partial charge on any atom is 0.327 e. The molecule has 3 rings (SSSR count). The number of urea groups is 1. The zero-order valence-corrected chi connectivity index (χ0v) is 17.0. The minimum atomic E-state index is -1.04. The van der Waals surface area contributed by atoms with Crippen molar-refractivity contribution in [2.24, 2.45) is 5.92 Å². The third kappa shape index (κ3) is 4.26. The number of imide groups is 1. The van der Waals surface area contributed by atoms with Crippen molar-refractivity contribution in [3.63, 3.8) is 0 Å². The Kier molecular flexibility index (Phi) is 5.91. The Morgan fingerprint density at radius 3 is 2.48 bits per heavy atom. The number of hydrogen-bond acceptors (Lipinski definition) is 5. The fourth-order valence-corrected chi connectivity index (χ4v) is 3.88. The van der Waals surface area contributed by atoms with E-state index in [1.165, 1.54) is 11.8 Å². The Balaban J connectivity index is 1.58. The third-order valence-electron chi connectivity index (χ3n) is 5.79. The van der Waals surface area contributed by atoms with Crippen LogP contribution in [0.3, 0.4) is 0 Å². The van der Waals surface area contributed by atoms with Gasteiger partial charge in [-0.25, -0.2) is 4.79 Å². The van der Waals surface area contributed by atoms with Crippen LogP contribution >= 0.6 is 0 Å². The molecule has 29 heavy (non-hydrogen) atoms. The van der Waals surface area contributed by atoms with Crippen molar-refractivity contribution in [1.82, 2.24) is 10.2 Å². The number of nitrogens with one attached hydrogen (secondary N) is 1. The van der Waals surface area contributed by atoms with Crippen LogP contribution < -0.4 is 10.2 Å². The topological polar surface area (TPSA) is 96.0 Å². The molecule has 1 aromatic rings. The van der Waals surface area contributed by atoms with Crippen molar-refractivity contribution >= 4 is 29.5 Å². The fraction of sp³-hybridized carbons (Fsp3) is 0.524. The second kappa shape index (κ2) is 8.23. The van der Waals surface area contributed by atoms with Gasteiger partial charge in [0.25, 0.3) is 11.8 Å². The van der Waals surface area contributed by atoms with Gasteiger partial charge >= 0.3 is 12.0 Å². The first-order chi connectivity index (χ1) is 13.7. The highest BCUT2D eigenvalue weighted by molar-refractivity contribution is 6.09. The molecule has 1 aliphatic heterocycles. The first kappa shape index (κ1) is 20.8. The lowest BCUT2D eigenvalue weighted by molar-refractivity contribution is -0.156. The number of ether oxygens (including phenoxy) is 1. The lowest BCUT2D eigenvalue weighted by Crippen LogP contribution is -2.49. The van der Waals surface area contributed by atoms with Gasteiger partial charge in [-0.15, -0.1) is 0 Å². The summed E-state index contributed by atoms with van der Waals surface area (Å²) >= 11 is 0. The molecule has 8 nitrogen and oxygen atoms in total. The molecule has 4 amide bonds. The molecule has 8 heteroatoms. The van der Waals surface area contributed by atoms with E-state index in [4.69, 9.17) is 4.74 Å². The van der Waals surface area contributed by atoms with Gasteiger partial charge < -0.3 is 15.0 Å². The molecule has 0 aromatic heterocycles. The Labute approximate surface area is 170 Å². The molecule has 0 bridgehead atoms. The van der Waals surface area contributed by atoms with Crippen molar-refractivity contribution in [3.8, 4) is 0 Å². The van der Waals surface area contributed by atoms with Crippen LogP contribution in [0.15, 0.2) is 30.3 Å². The molecule has 1 aromatic carbocycles. The van der Waals surface area contributed by atoms with E-state index in [0.717, 1.165) is 17.7 Å². The Hall–Kier alpha value is -2.90. The van der Waals surface area contributed by atoms with E-state index in [2.05, 4.69) is 12.2 Å². The van der Waals surface area contributed by atoms with E-state index in [0.29, 0.717) is 24.4 Å². The fourth-order valence-electron chi connectivity index (χ4n) is 3.88. The van der Waals surface area contributed by atoms with Gasteiger partial charge in [0, 0.05) is 12.7 Å². The van der Waals surface area contributed by atoms with Crippen LogP contribution in [-0.2, 0) is 19.1 Å². The molecule has 1 N–H and O–H groups in total. The minimum absolute atomic E-state index is 0.383. The van der Waals surface area contributed by atoms with Crippen molar-refractivity contribution < 1.29 is 23.9 Å². The normalized spacial score (nSPS) is 24.9. The summed E-state index contributed by atoms with van der Waals surface area (Å²) in [6.07, 6.45) is 1.80. The summed E-state index contributed by atoms with van der Waals surface area (Å²) in [7, 11) is 1.59. The average Bonchev–Trinajstić information content (AvgIpc) is 2.94. The summed E-state index contributed by atoms with van der Waals surface area (Å²) < 4.78 is 5.20. The molecule has 1 spiro atoms. The molecule has 0 radical (unpaired) electrons. The average molecular weight is 401 g/mol. The predicted octanol–water partition coefficient (Wildman–Crippen LogP) is 2.08. The predicted molar refractivity (Wildman–Crippen MR) is 106 cm³/mol. The highest BCUT2D eigenvalue weighted by Gasteiger charge is 2.52. The molecular weight excluding hydrogens is 374 g/mol. The van der Waals surface area contributed by atoms with E-state index in [-0.39, 0.29) is 5.91 Å². The van der Waals surface area contributed by atoms with Crippen LogP contribution in [0.4, 0.5) is 10.5 Å². The molecule has 2 aliphatic rings. The molecule has 1 saturated heterocycles. The zero-order valence-electron chi connectivity index (χ0n) is 17.0. The second-order valence-corrected chi connectivity index (χ2v) is 7.95. The number of carbonyl (C=O) groups excluding carboxylic acids is 4. The molecule has 2 fully saturated rings. The number of likely N-dealkylation sites (N-methyl/N-ethyl adjacent to an activating group) is 1. The number of nitrogens with zero attached hydrogens (tertiary/aromatic N) is 2. The van der Waals surface area contributed by atoms with E-state index in [1.807, 2.05) is 6.07 Å². The molecule has 1 heterocycles. The van der Waals surface area contributed by atoms with Gasteiger partial charge in [-0.3, -0.25) is 19.3 Å². The maximum atomic E-state index is 12.8. The summed E-state index contributed by atoms with van der Waals surface area (Å²) in [4.78, 5) is 52.2. The monoisotopic (exact) mass is 401 g/mol. The molecule has 1 unspecified atom stereocenters. The number of anilines is 1. The van der Waals surface area contributed by atoms with Crippen LogP contribution in [0.1, 0.15) is 39.5 Å². The summed E-state index contributed by atoms with van der Waals surface area (Å²) in [5, 5.41) is 2.77. The smallest absolute Gasteiger partial charge is 0.327 e. The maximum absolute atomic E-state index is 12.8. The largest absolute Gasteiger partial charge is 0.451 e. The van der Waals surface area contributed by atoms with Crippen LogP contribution in [0.25, 0.3) is 0 Å².